The zero-order valence-electron chi connectivity index (χ0n) is 9.73. The van der Waals surface area contributed by atoms with Crippen LogP contribution in [0.4, 0.5) is 6.01 Å². The van der Waals surface area contributed by atoms with Gasteiger partial charge in [-0.15, -0.1) is 5.10 Å². The third kappa shape index (κ3) is 3.20. The molecule has 0 fully saturated rings. The summed E-state index contributed by atoms with van der Waals surface area (Å²) in [5.74, 6) is 0.0506. The van der Waals surface area contributed by atoms with E-state index in [2.05, 4.69) is 15.5 Å². The van der Waals surface area contributed by atoms with E-state index in [4.69, 9.17) is 10.2 Å². The first-order valence-corrected chi connectivity index (χ1v) is 5.06. The minimum absolute atomic E-state index is 0.0652. The molecule has 0 aliphatic rings. The number of nitrogens with one attached hydrogen (secondary N) is 1. The number of hydrogen-bond acceptors (Lipinski definition) is 6. The Morgan fingerprint density at radius 1 is 1.56 bits per heavy atom. The van der Waals surface area contributed by atoms with Crippen molar-refractivity contribution in [2.45, 2.75) is 26.4 Å². The lowest BCUT2D eigenvalue weighted by molar-refractivity contribution is -0.116. The number of nitrogens with zero attached hydrogens (tertiary/aromatic N) is 3. The lowest BCUT2D eigenvalue weighted by Gasteiger charge is -2.22. The van der Waals surface area contributed by atoms with Crippen molar-refractivity contribution >= 4 is 11.9 Å². The maximum atomic E-state index is 10.9. The number of aromatic nitrogens is 2. The number of carbonyl (C=O) groups is 1. The lowest BCUT2D eigenvalue weighted by atomic mass is 10.3. The number of carbonyl (C=O) groups excluding carboxylic acids is 1. The summed E-state index contributed by atoms with van der Waals surface area (Å²) in [6.45, 7) is 4.41. The van der Waals surface area contributed by atoms with Gasteiger partial charge in [-0.2, -0.15) is 0 Å². The van der Waals surface area contributed by atoms with E-state index in [0.29, 0.717) is 18.5 Å². The highest BCUT2D eigenvalue weighted by Crippen LogP contribution is 2.14. The Morgan fingerprint density at radius 2 is 2.25 bits per heavy atom. The van der Waals surface area contributed by atoms with Crippen LogP contribution >= 0.6 is 0 Å². The van der Waals surface area contributed by atoms with Crippen LogP contribution in [0.5, 0.6) is 0 Å². The van der Waals surface area contributed by atoms with Crippen molar-refractivity contribution in [3.05, 3.63) is 5.89 Å². The number of nitrogens with two attached hydrogens (primary N) is 1. The van der Waals surface area contributed by atoms with Crippen LogP contribution in [0.3, 0.4) is 0 Å². The fourth-order valence-electron chi connectivity index (χ4n) is 1.22. The summed E-state index contributed by atoms with van der Waals surface area (Å²) in [5, 5.41) is 10.6. The van der Waals surface area contributed by atoms with Gasteiger partial charge in [0.15, 0.2) is 0 Å². The van der Waals surface area contributed by atoms with Gasteiger partial charge in [-0.05, 0) is 20.9 Å². The van der Waals surface area contributed by atoms with Crippen molar-refractivity contribution in [1.82, 2.24) is 15.5 Å². The van der Waals surface area contributed by atoms with Gasteiger partial charge in [0.05, 0.1) is 6.54 Å². The van der Waals surface area contributed by atoms with E-state index in [1.807, 2.05) is 13.8 Å². The molecule has 0 aliphatic heterocycles. The molecule has 1 rings (SSSR count). The van der Waals surface area contributed by atoms with Gasteiger partial charge in [-0.3, -0.25) is 4.79 Å². The molecule has 3 N–H and O–H groups in total. The van der Waals surface area contributed by atoms with E-state index >= 15 is 0 Å². The molecule has 0 aliphatic carbocycles. The highest BCUT2D eigenvalue weighted by Gasteiger charge is 2.19. The zero-order valence-corrected chi connectivity index (χ0v) is 9.73. The molecule has 0 spiro atoms. The van der Waals surface area contributed by atoms with Gasteiger partial charge >= 0.3 is 6.01 Å². The quantitative estimate of drug-likeness (QED) is 0.679. The first-order valence-electron chi connectivity index (χ1n) is 5.06. The minimum Gasteiger partial charge on any atom is -0.407 e. The smallest absolute Gasteiger partial charge is 0.318 e. The molecule has 1 amide bonds. The van der Waals surface area contributed by atoms with Crippen LogP contribution in [0.25, 0.3) is 0 Å². The Balaban J connectivity index is 2.79. The molecule has 1 aromatic rings. The first-order chi connectivity index (χ1) is 7.54. The highest BCUT2D eigenvalue weighted by atomic mass is 16.4. The van der Waals surface area contributed by atoms with Crippen LogP contribution in [0.1, 0.15) is 19.7 Å². The van der Waals surface area contributed by atoms with Crippen molar-refractivity contribution in [2.75, 3.05) is 18.5 Å². The topological polar surface area (TPSA) is 97.3 Å². The van der Waals surface area contributed by atoms with Crippen LogP contribution in [-0.2, 0) is 11.3 Å². The average molecular weight is 227 g/mol. The normalized spacial score (nSPS) is 10.8. The predicted molar refractivity (Wildman–Crippen MR) is 58.7 cm³/mol. The van der Waals surface area contributed by atoms with Crippen molar-refractivity contribution in [2.24, 2.45) is 5.73 Å². The second-order valence-electron chi connectivity index (χ2n) is 3.70. The van der Waals surface area contributed by atoms with E-state index in [0.717, 1.165) is 0 Å². The summed E-state index contributed by atoms with van der Waals surface area (Å²) in [7, 11) is 1.79. The Labute approximate surface area is 94.0 Å². The molecule has 0 aromatic carbocycles. The monoisotopic (exact) mass is 227 g/mol. The van der Waals surface area contributed by atoms with Crippen molar-refractivity contribution < 1.29 is 9.21 Å². The van der Waals surface area contributed by atoms with Gasteiger partial charge in [0, 0.05) is 6.04 Å². The van der Waals surface area contributed by atoms with Crippen LogP contribution in [0.2, 0.25) is 0 Å². The summed E-state index contributed by atoms with van der Waals surface area (Å²) in [6.07, 6.45) is 0. The fraction of sp³-hybridized carbons (Fsp3) is 0.667. The third-order valence-corrected chi connectivity index (χ3v) is 1.98. The third-order valence-electron chi connectivity index (χ3n) is 1.98. The molecule has 1 aromatic heterocycles. The molecule has 90 valence electrons. The van der Waals surface area contributed by atoms with E-state index in [1.54, 1.807) is 11.9 Å². The molecule has 0 bridgehead atoms. The maximum Gasteiger partial charge on any atom is 0.318 e. The minimum atomic E-state index is -0.429. The Hall–Kier alpha value is -1.63. The van der Waals surface area contributed by atoms with E-state index in [-0.39, 0.29) is 12.6 Å². The molecule has 0 unspecified atom stereocenters. The maximum absolute atomic E-state index is 10.9. The second kappa shape index (κ2) is 5.45. The average Bonchev–Trinajstić information content (AvgIpc) is 2.62. The van der Waals surface area contributed by atoms with Gasteiger partial charge in [0.25, 0.3) is 0 Å². The van der Waals surface area contributed by atoms with Crippen molar-refractivity contribution in [1.29, 1.82) is 0 Å². The standard InChI is InChI=1S/C9H17N5O2/c1-6(2)14(5-7(10)15)9-13-12-8(16-9)4-11-3/h6,11H,4-5H2,1-3H3,(H2,10,15). The van der Waals surface area contributed by atoms with Gasteiger partial charge < -0.3 is 20.4 Å². The van der Waals surface area contributed by atoms with Crippen molar-refractivity contribution in [3.63, 3.8) is 0 Å². The van der Waals surface area contributed by atoms with Crippen molar-refractivity contribution in [3.8, 4) is 0 Å². The van der Waals surface area contributed by atoms with Crippen LogP contribution in [0.15, 0.2) is 4.42 Å². The largest absolute Gasteiger partial charge is 0.407 e. The highest BCUT2D eigenvalue weighted by molar-refractivity contribution is 5.78. The SMILES string of the molecule is CNCc1nnc(N(CC(N)=O)C(C)C)o1. The van der Waals surface area contributed by atoms with Gasteiger partial charge in [-0.25, -0.2) is 0 Å². The molecule has 0 radical (unpaired) electrons. The molecule has 7 nitrogen and oxygen atoms in total. The molecule has 16 heavy (non-hydrogen) atoms. The summed E-state index contributed by atoms with van der Waals surface area (Å²) in [5.41, 5.74) is 5.15. The zero-order chi connectivity index (χ0) is 12.1. The van der Waals surface area contributed by atoms with Crippen LogP contribution in [0, 0.1) is 0 Å². The van der Waals surface area contributed by atoms with Gasteiger partial charge in [0.2, 0.25) is 11.8 Å². The summed E-state index contributed by atoms with van der Waals surface area (Å²) < 4.78 is 5.38. The van der Waals surface area contributed by atoms with E-state index in [1.165, 1.54) is 0 Å². The summed E-state index contributed by atoms with van der Waals surface area (Å²) >= 11 is 0. The number of anilines is 1. The van der Waals surface area contributed by atoms with Gasteiger partial charge in [-0.1, -0.05) is 5.10 Å². The molecular formula is C9H17N5O2. The fourth-order valence-corrected chi connectivity index (χ4v) is 1.22. The number of hydrogen-bond donors (Lipinski definition) is 2. The molecule has 0 saturated heterocycles. The number of primary amides is 1. The lowest BCUT2D eigenvalue weighted by Crippen LogP contribution is -2.38. The molecule has 1 heterocycles. The van der Waals surface area contributed by atoms with E-state index < -0.39 is 5.91 Å². The molecule has 0 saturated carbocycles. The Morgan fingerprint density at radius 3 is 2.75 bits per heavy atom. The number of amides is 1. The summed E-state index contributed by atoms with van der Waals surface area (Å²) in [6, 6.07) is 0.384. The number of rotatable bonds is 6. The molecular weight excluding hydrogens is 210 g/mol. The Kier molecular flexibility index (Phi) is 4.24. The molecule has 7 heteroatoms. The molecule has 0 atom stereocenters. The second-order valence-corrected chi connectivity index (χ2v) is 3.70. The van der Waals surface area contributed by atoms with Gasteiger partial charge in [0.1, 0.15) is 6.54 Å². The first kappa shape index (κ1) is 12.4. The van der Waals surface area contributed by atoms with E-state index in [9.17, 15) is 4.79 Å². The summed E-state index contributed by atoms with van der Waals surface area (Å²) in [4.78, 5) is 12.6. The predicted octanol–water partition coefficient (Wildman–Crippen LogP) is -0.511. The Bertz CT molecular complexity index is 349. The van der Waals surface area contributed by atoms with Crippen LogP contribution < -0.4 is 16.0 Å². The van der Waals surface area contributed by atoms with Crippen LogP contribution in [-0.4, -0.2) is 35.7 Å².